The van der Waals surface area contributed by atoms with E-state index in [1.165, 1.54) is 6.20 Å². The van der Waals surface area contributed by atoms with Gasteiger partial charge in [0.2, 0.25) is 0 Å². The first kappa shape index (κ1) is 14.2. The van der Waals surface area contributed by atoms with E-state index in [2.05, 4.69) is 50.5 Å². The number of nitrogens with one attached hydrogen (secondary N) is 1. The molecule has 0 aliphatic heterocycles. The van der Waals surface area contributed by atoms with Crippen molar-refractivity contribution in [2.24, 2.45) is 0 Å². The molecule has 1 N–H and O–H groups in total. The quantitative estimate of drug-likeness (QED) is 0.759. The second-order valence-corrected chi connectivity index (χ2v) is 5.79. The average molecular weight is 345 g/mol. The van der Waals surface area contributed by atoms with Crippen LogP contribution in [0.2, 0.25) is 0 Å². The summed E-state index contributed by atoms with van der Waals surface area (Å²) in [5.74, 6) is -0.298. The van der Waals surface area contributed by atoms with Crippen molar-refractivity contribution in [3.63, 3.8) is 0 Å². The predicted octanol–water partition coefficient (Wildman–Crippen LogP) is 4.45. The Hall–Kier alpha value is -1.78. The fraction of sp³-hybridized carbons (Fsp3) is 0.118. The van der Waals surface area contributed by atoms with Crippen LogP contribution in [-0.2, 0) is 0 Å². The van der Waals surface area contributed by atoms with Gasteiger partial charge in [0.05, 0.1) is 12.2 Å². The van der Waals surface area contributed by atoms with Gasteiger partial charge in [-0.1, -0.05) is 34.1 Å². The van der Waals surface area contributed by atoms with Crippen LogP contribution in [0.15, 0.2) is 59.3 Å². The van der Waals surface area contributed by atoms with Crippen molar-refractivity contribution < 1.29 is 4.39 Å². The van der Waals surface area contributed by atoms with Crippen LogP contribution in [0.5, 0.6) is 0 Å². The number of aromatic nitrogens is 1. The van der Waals surface area contributed by atoms with E-state index >= 15 is 0 Å². The minimum Gasteiger partial charge on any atom is -0.309 e. The standard InChI is InChI=1S/C17H14BrFN2/c1-20-17(15-6-7-21-10-16(15)19)13-3-2-12-9-14(18)5-4-11(12)8-13/h2-10,17,20H,1H3. The molecule has 2 aromatic carbocycles. The van der Waals surface area contributed by atoms with Gasteiger partial charge >= 0.3 is 0 Å². The number of pyridine rings is 1. The lowest BCUT2D eigenvalue weighted by atomic mass is 9.97. The van der Waals surface area contributed by atoms with Crippen LogP contribution in [-0.4, -0.2) is 12.0 Å². The van der Waals surface area contributed by atoms with Crippen LogP contribution in [0.3, 0.4) is 0 Å². The Bertz CT molecular complexity index is 789. The molecule has 0 saturated carbocycles. The highest BCUT2D eigenvalue weighted by Gasteiger charge is 2.16. The van der Waals surface area contributed by atoms with Crippen LogP contribution in [0.25, 0.3) is 10.8 Å². The van der Waals surface area contributed by atoms with Gasteiger partial charge in [0.25, 0.3) is 0 Å². The summed E-state index contributed by atoms with van der Waals surface area (Å²) in [6, 6.07) is 13.8. The van der Waals surface area contributed by atoms with Crippen LogP contribution in [0.4, 0.5) is 4.39 Å². The summed E-state index contributed by atoms with van der Waals surface area (Å²) in [4.78, 5) is 3.81. The normalized spacial score (nSPS) is 12.5. The lowest BCUT2D eigenvalue weighted by Gasteiger charge is -2.18. The molecular formula is C17H14BrFN2. The minimum atomic E-state index is -0.298. The maximum Gasteiger partial charge on any atom is 0.146 e. The fourth-order valence-corrected chi connectivity index (χ4v) is 2.92. The van der Waals surface area contributed by atoms with E-state index in [0.29, 0.717) is 5.56 Å². The van der Waals surface area contributed by atoms with E-state index < -0.39 is 0 Å². The number of rotatable bonds is 3. The molecule has 0 saturated heterocycles. The molecule has 3 aromatic rings. The highest BCUT2D eigenvalue weighted by atomic mass is 79.9. The molecule has 0 spiro atoms. The Labute approximate surface area is 131 Å². The monoisotopic (exact) mass is 344 g/mol. The second-order valence-electron chi connectivity index (χ2n) is 4.87. The molecular weight excluding hydrogens is 331 g/mol. The molecule has 21 heavy (non-hydrogen) atoms. The summed E-state index contributed by atoms with van der Waals surface area (Å²) in [5, 5.41) is 5.46. The van der Waals surface area contributed by atoms with E-state index in [4.69, 9.17) is 0 Å². The van der Waals surface area contributed by atoms with Gasteiger partial charge in [0.1, 0.15) is 5.82 Å². The molecule has 0 amide bonds. The van der Waals surface area contributed by atoms with E-state index in [9.17, 15) is 4.39 Å². The van der Waals surface area contributed by atoms with Crippen LogP contribution >= 0.6 is 15.9 Å². The highest BCUT2D eigenvalue weighted by Crippen LogP contribution is 2.27. The van der Waals surface area contributed by atoms with Gasteiger partial charge < -0.3 is 5.32 Å². The number of halogens is 2. The summed E-state index contributed by atoms with van der Waals surface area (Å²) >= 11 is 3.47. The first-order chi connectivity index (χ1) is 10.2. The minimum absolute atomic E-state index is 0.193. The predicted molar refractivity (Wildman–Crippen MR) is 86.7 cm³/mol. The van der Waals surface area contributed by atoms with E-state index in [1.807, 2.05) is 19.2 Å². The zero-order valence-corrected chi connectivity index (χ0v) is 13.1. The van der Waals surface area contributed by atoms with Crippen molar-refractivity contribution in [1.82, 2.24) is 10.3 Å². The van der Waals surface area contributed by atoms with Crippen molar-refractivity contribution in [3.05, 3.63) is 76.3 Å². The molecule has 0 radical (unpaired) electrons. The molecule has 0 bridgehead atoms. The van der Waals surface area contributed by atoms with Gasteiger partial charge in [-0.2, -0.15) is 0 Å². The largest absolute Gasteiger partial charge is 0.309 e. The van der Waals surface area contributed by atoms with E-state index in [1.54, 1.807) is 12.3 Å². The molecule has 1 atom stereocenters. The lowest BCUT2D eigenvalue weighted by molar-refractivity contribution is 0.571. The molecule has 1 aromatic heterocycles. The molecule has 1 unspecified atom stereocenters. The van der Waals surface area contributed by atoms with Gasteiger partial charge in [-0.3, -0.25) is 4.98 Å². The number of hydrogen-bond acceptors (Lipinski definition) is 2. The van der Waals surface area contributed by atoms with Crippen LogP contribution in [0.1, 0.15) is 17.2 Å². The maximum atomic E-state index is 14.0. The Morgan fingerprint density at radius 2 is 1.86 bits per heavy atom. The number of benzene rings is 2. The van der Waals surface area contributed by atoms with Crippen LogP contribution in [0, 0.1) is 5.82 Å². The Kier molecular flexibility index (Phi) is 3.99. The Morgan fingerprint density at radius 1 is 1.10 bits per heavy atom. The van der Waals surface area contributed by atoms with Crippen molar-refractivity contribution in [3.8, 4) is 0 Å². The van der Waals surface area contributed by atoms with E-state index in [-0.39, 0.29) is 11.9 Å². The molecule has 0 fully saturated rings. The summed E-state index contributed by atoms with van der Waals surface area (Å²) in [7, 11) is 1.83. The molecule has 2 nitrogen and oxygen atoms in total. The molecule has 3 rings (SSSR count). The maximum absolute atomic E-state index is 14.0. The van der Waals surface area contributed by atoms with Gasteiger partial charge in [-0.05, 0) is 47.6 Å². The van der Waals surface area contributed by atoms with Gasteiger partial charge in [-0.15, -0.1) is 0 Å². The smallest absolute Gasteiger partial charge is 0.146 e. The van der Waals surface area contributed by atoms with Gasteiger partial charge in [0, 0.05) is 16.2 Å². The second kappa shape index (κ2) is 5.92. The fourth-order valence-electron chi connectivity index (χ4n) is 2.54. The first-order valence-corrected chi connectivity index (χ1v) is 7.44. The highest BCUT2D eigenvalue weighted by molar-refractivity contribution is 9.10. The molecule has 106 valence electrons. The van der Waals surface area contributed by atoms with E-state index in [0.717, 1.165) is 20.8 Å². The third-order valence-corrected chi connectivity index (χ3v) is 4.06. The first-order valence-electron chi connectivity index (χ1n) is 6.65. The zero-order chi connectivity index (χ0) is 14.8. The van der Waals surface area contributed by atoms with Crippen molar-refractivity contribution >= 4 is 26.7 Å². The lowest BCUT2D eigenvalue weighted by Crippen LogP contribution is -2.19. The van der Waals surface area contributed by atoms with Crippen LogP contribution < -0.4 is 5.32 Å². The summed E-state index contributed by atoms with van der Waals surface area (Å²) in [5.41, 5.74) is 1.63. The third kappa shape index (κ3) is 2.82. The summed E-state index contributed by atoms with van der Waals surface area (Å²) < 4.78 is 15.0. The summed E-state index contributed by atoms with van der Waals surface area (Å²) in [6.45, 7) is 0. The zero-order valence-electron chi connectivity index (χ0n) is 11.5. The number of fused-ring (bicyclic) bond motifs is 1. The molecule has 0 aliphatic carbocycles. The van der Waals surface area contributed by atoms with Gasteiger partial charge in [-0.25, -0.2) is 4.39 Å². The average Bonchev–Trinajstić information content (AvgIpc) is 2.50. The van der Waals surface area contributed by atoms with Crippen molar-refractivity contribution in [2.75, 3.05) is 7.05 Å². The summed E-state index contributed by atoms with van der Waals surface area (Å²) in [6.07, 6.45) is 2.86. The Balaban J connectivity index is 2.09. The topological polar surface area (TPSA) is 24.9 Å². The van der Waals surface area contributed by atoms with Gasteiger partial charge in [0.15, 0.2) is 0 Å². The Morgan fingerprint density at radius 3 is 2.62 bits per heavy atom. The van der Waals surface area contributed by atoms with Crippen molar-refractivity contribution in [1.29, 1.82) is 0 Å². The third-order valence-electron chi connectivity index (χ3n) is 3.56. The molecule has 4 heteroatoms. The number of hydrogen-bond donors (Lipinski definition) is 1. The SMILES string of the molecule is CNC(c1ccc2cc(Br)ccc2c1)c1ccncc1F. The molecule has 0 aliphatic rings. The number of nitrogens with zero attached hydrogens (tertiary/aromatic N) is 1. The van der Waals surface area contributed by atoms with Crippen molar-refractivity contribution in [2.45, 2.75) is 6.04 Å². The molecule has 1 heterocycles.